The number of fused-ring (bicyclic) bond motifs is 2. The Hall–Kier alpha value is -2.32. The Kier molecular flexibility index (Phi) is 10.7. The zero-order chi connectivity index (χ0) is 27.6. The number of hydrogen-bond donors (Lipinski definition) is 2. The van der Waals surface area contributed by atoms with E-state index in [2.05, 4.69) is 36.5 Å². The van der Waals surface area contributed by atoms with Gasteiger partial charge in [0.2, 0.25) is 5.91 Å². The molecular weight excluding hydrogens is 607 g/mol. The molecule has 0 unspecified atom stereocenters. The second-order valence-corrected chi connectivity index (χ2v) is 10.9. The van der Waals surface area contributed by atoms with Crippen molar-refractivity contribution in [2.75, 3.05) is 5.32 Å². The maximum atomic E-state index is 11.6. The summed E-state index contributed by atoms with van der Waals surface area (Å²) in [4.78, 5) is 24.8. The Morgan fingerprint density at radius 1 is 1.15 bits per heavy atom. The van der Waals surface area contributed by atoms with Crippen LogP contribution in [0.3, 0.4) is 0 Å². The number of nitrogens with one attached hydrogen (secondary N) is 1. The van der Waals surface area contributed by atoms with E-state index >= 15 is 0 Å². The number of allylic oxidation sites excluding steroid dienone is 1. The fourth-order valence-corrected chi connectivity index (χ4v) is 5.96. The van der Waals surface area contributed by atoms with Crippen molar-refractivity contribution >= 4 is 57.4 Å². The molecule has 9 heteroatoms. The van der Waals surface area contributed by atoms with E-state index < -0.39 is 5.97 Å². The molecule has 1 aliphatic carbocycles. The van der Waals surface area contributed by atoms with E-state index in [1.807, 2.05) is 49.4 Å². The zero-order valence-corrected chi connectivity index (χ0v) is 27.0. The number of hydrogen-bond acceptors (Lipinski definition) is 3. The first-order valence-electron chi connectivity index (χ1n) is 12.4. The average Bonchev–Trinajstić information content (AvgIpc) is 3.30. The topological polar surface area (TPSA) is 76.3 Å². The van der Waals surface area contributed by atoms with E-state index in [4.69, 9.17) is 11.6 Å². The van der Waals surface area contributed by atoms with Gasteiger partial charge in [-0.1, -0.05) is 60.1 Å². The minimum Gasteiger partial charge on any atom is -0.480 e. The predicted octanol–water partition coefficient (Wildman–Crippen LogP) is 7.28. The third kappa shape index (κ3) is 7.07. The average molecular weight is 638 g/mol. The maximum Gasteiger partial charge on any atom is 0.323 e. The first-order valence-corrected chi connectivity index (χ1v) is 13.6. The fraction of sp³-hybridized carbons (Fsp3) is 0.267. The molecule has 0 saturated carbocycles. The minimum atomic E-state index is -0.919. The van der Waals surface area contributed by atoms with Gasteiger partial charge in [0.1, 0.15) is 6.54 Å². The first-order chi connectivity index (χ1) is 18.1. The molecule has 39 heavy (non-hydrogen) atoms. The maximum absolute atomic E-state index is 11.6. The molecule has 2 heterocycles. The Labute approximate surface area is 263 Å². The van der Waals surface area contributed by atoms with Crippen LogP contribution in [0.2, 0.25) is 5.02 Å². The number of nitrogens with zero attached hydrogens (tertiary/aromatic N) is 2. The molecule has 0 fully saturated rings. The largest absolute Gasteiger partial charge is 0.480 e. The zero-order valence-electron chi connectivity index (χ0n) is 22.6. The normalized spacial score (nSPS) is 12.3. The van der Waals surface area contributed by atoms with Gasteiger partial charge in [0.25, 0.3) is 0 Å². The van der Waals surface area contributed by atoms with Crippen LogP contribution in [-0.2, 0) is 62.3 Å². The van der Waals surface area contributed by atoms with Gasteiger partial charge >= 0.3 is 5.97 Å². The smallest absolute Gasteiger partial charge is 0.323 e. The summed E-state index contributed by atoms with van der Waals surface area (Å²) < 4.78 is 3.99. The van der Waals surface area contributed by atoms with Crippen LogP contribution in [0.1, 0.15) is 42.4 Å². The summed E-state index contributed by atoms with van der Waals surface area (Å²) >= 11 is 7.48. The van der Waals surface area contributed by atoms with E-state index in [0.29, 0.717) is 10.7 Å². The number of halogens is 1. The van der Waals surface area contributed by atoms with E-state index in [9.17, 15) is 14.7 Å². The summed E-state index contributed by atoms with van der Waals surface area (Å²) in [5.41, 5.74) is 7.46. The summed E-state index contributed by atoms with van der Waals surface area (Å²) in [5.74, 6) is -1.10. The Morgan fingerprint density at radius 3 is 2.46 bits per heavy atom. The molecule has 0 aliphatic heterocycles. The third-order valence-corrected chi connectivity index (χ3v) is 8.14. The van der Waals surface area contributed by atoms with Gasteiger partial charge in [0.05, 0.1) is 11.2 Å². The molecule has 4 aromatic rings. The van der Waals surface area contributed by atoms with Crippen molar-refractivity contribution in [3.8, 4) is 0 Å². The van der Waals surface area contributed by atoms with Crippen LogP contribution >= 0.6 is 23.4 Å². The van der Waals surface area contributed by atoms with Gasteiger partial charge < -0.3 is 19.6 Å². The summed E-state index contributed by atoms with van der Waals surface area (Å²) in [6.45, 7) is 9.36. The summed E-state index contributed by atoms with van der Waals surface area (Å²) in [6, 6.07) is 16.3. The molecule has 0 saturated heterocycles. The number of carboxylic acids is 1. The third-order valence-electron chi connectivity index (χ3n) is 6.68. The molecule has 201 valence electrons. The van der Waals surface area contributed by atoms with Gasteiger partial charge in [-0.15, -0.1) is 0 Å². The van der Waals surface area contributed by atoms with Crippen molar-refractivity contribution in [2.24, 2.45) is 7.05 Å². The Morgan fingerprint density at radius 2 is 1.85 bits per heavy atom. The molecule has 1 amide bonds. The molecule has 0 spiro atoms. The molecule has 1 radical (unpaired) electrons. The van der Waals surface area contributed by atoms with Crippen molar-refractivity contribution in [1.82, 2.24) is 9.13 Å². The van der Waals surface area contributed by atoms with Crippen LogP contribution in [0.25, 0.3) is 16.5 Å². The van der Waals surface area contributed by atoms with Crippen LogP contribution < -0.4 is 5.32 Å². The molecule has 2 N–H and O–H groups in total. The number of amides is 1. The van der Waals surface area contributed by atoms with Gasteiger partial charge in [-0.2, -0.15) is 23.8 Å². The number of anilines is 1. The van der Waals surface area contributed by atoms with Gasteiger partial charge in [0.15, 0.2) is 0 Å². The predicted molar refractivity (Wildman–Crippen MR) is 155 cm³/mol. The number of carbonyl (C=O) groups excluding carboxylic acids is 1. The molecule has 0 atom stereocenters. The van der Waals surface area contributed by atoms with Crippen molar-refractivity contribution in [1.29, 1.82) is 0 Å². The van der Waals surface area contributed by atoms with E-state index in [0.717, 1.165) is 32.8 Å². The van der Waals surface area contributed by atoms with Gasteiger partial charge in [-0.3, -0.25) is 9.59 Å². The SMILES string of the molecule is C=C1CCCc2c1[c-]c(C)n2C.CC(=O)Nc1cccc2c1c(Sc1ccc(Cl)cc1)c(C)n2CC(=O)O.[Y]. The van der Waals surface area contributed by atoms with E-state index in [1.165, 1.54) is 54.1 Å². The van der Waals surface area contributed by atoms with Gasteiger partial charge in [-0.05, 0) is 57.3 Å². The molecule has 6 nitrogen and oxygen atoms in total. The van der Waals surface area contributed by atoms with Gasteiger partial charge in [-0.25, -0.2) is 0 Å². The number of carboxylic acid groups (broad SMARTS) is 1. The van der Waals surface area contributed by atoms with Gasteiger partial charge in [0, 0.05) is 65.5 Å². The molecule has 1 aliphatic rings. The van der Waals surface area contributed by atoms with Crippen LogP contribution in [0.15, 0.2) is 58.8 Å². The summed E-state index contributed by atoms with van der Waals surface area (Å²) in [7, 11) is 2.11. The molecular formula is C30H31ClN3O3SY-. The molecule has 5 rings (SSSR count). The second kappa shape index (κ2) is 13.4. The van der Waals surface area contributed by atoms with Crippen molar-refractivity contribution in [3.05, 3.63) is 82.8 Å². The van der Waals surface area contributed by atoms with Crippen molar-refractivity contribution in [2.45, 2.75) is 56.4 Å². The van der Waals surface area contributed by atoms with Crippen LogP contribution in [0.5, 0.6) is 0 Å². The number of aliphatic carboxylic acids is 1. The minimum absolute atomic E-state index is 0. The summed E-state index contributed by atoms with van der Waals surface area (Å²) in [6.07, 6.45) is 3.58. The molecule has 2 aromatic heterocycles. The van der Waals surface area contributed by atoms with Crippen LogP contribution in [0.4, 0.5) is 5.69 Å². The van der Waals surface area contributed by atoms with Crippen LogP contribution in [0, 0.1) is 19.9 Å². The second-order valence-electron chi connectivity index (χ2n) is 9.38. The van der Waals surface area contributed by atoms with E-state index in [-0.39, 0.29) is 45.2 Å². The summed E-state index contributed by atoms with van der Waals surface area (Å²) in [5, 5.41) is 13.6. The first kappa shape index (κ1) is 31.2. The number of aromatic nitrogens is 2. The number of benzene rings is 2. The fourth-order valence-electron chi connectivity index (χ4n) is 4.75. The molecule has 0 bridgehead atoms. The standard InChI is InChI=1S/C19H17ClN2O3S.C11H14N.Y/c1-11-19(26-14-8-6-13(20)7-9-14)18-15(21-12(2)23)4-3-5-16(18)22(11)10-17(24)25;1-8-5-4-6-11-10(8)7-9(2)12(11)3;/h3-9H,10H2,1-2H3,(H,21,23)(H,24,25);1,4-6H2,2-3H3;/q;-1;. The number of carbonyl (C=O) groups is 2. The van der Waals surface area contributed by atoms with E-state index in [1.54, 1.807) is 4.57 Å². The Balaban J connectivity index is 0.000000270. The quantitative estimate of drug-likeness (QED) is 0.226. The number of aryl methyl sites for hydroxylation is 1. The van der Waals surface area contributed by atoms with Crippen molar-refractivity contribution < 1.29 is 47.4 Å². The van der Waals surface area contributed by atoms with Crippen LogP contribution in [-0.4, -0.2) is 26.1 Å². The molecule has 2 aromatic carbocycles. The monoisotopic (exact) mass is 637 g/mol. The number of rotatable bonds is 5. The Bertz CT molecular complexity index is 1540. The van der Waals surface area contributed by atoms with Crippen molar-refractivity contribution in [3.63, 3.8) is 0 Å².